The number of nitrogens with one attached hydrogen (secondary N) is 1. The number of aliphatic hydroxyl groups is 1. The molecule has 0 spiro atoms. The Labute approximate surface area is 137 Å². The molecule has 0 radical (unpaired) electrons. The summed E-state index contributed by atoms with van der Waals surface area (Å²) in [5, 5.41) is 11.5. The average Bonchev–Trinajstić information content (AvgIpc) is 2.52. The largest absolute Gasteiger partial charge is 0.394 e. The van der Waals surface area contributed by atoms with Crippen LogP contribution in [0.5, 0.6) is 0 Å². The van der Waals surface area contributed by atoms with E-state index in [1.807, 2.05) is 24.3 Å². The minimum absolute atomic E-state index is 0.310. The molecule has 3 amide bonds. The molecular weight excluding hydrogens is 352 g/mol. The summed E-state index contributed by atoms with van der Waals surface area (Å²) in [6, 6.07) is 6.19. The molecule has 22 heavy (non-hydrogen) atoms. The van der Waals surface area contributed by atoms with Crippen molar-refractivity contribution in [3.8, 4) is 0 Å². The number of nitrogens with two attached hydrogens (primary N) is 1. The van der Waals surface area contributed by atoms with Crippen LogP contribution in [0.15, 0.2) is 28.7 Å². The number of hydrogen-bond acceptors (Lipinski definition) is 4. The third kappa shape index (κ3) is 4.11. The molecule has 0 aromatic heterocycles. The molecule has 0 aliphatic carbocycles. The number of halogens is 1. The van der Waals surface area contributed by atoms with E-state index in [1.165, 1.54) is 0 Å². The first kappa shape index (κ1) is 16.6. The maximum Gasteiger partial charge on any atom is 0.312 e. The van der Waals surface area contributed by atoms with Gasteiger partial charge in [0.05, 0.1) is 6.61 Å². The zero-order valence-corrected chi connectivity index (χ0v) is 13.6. The maximum atomic E-state index is 12.2. The number of hydrogen-bond donors (Lipinski definition) is 3. The smallest absolute Gasteiger partial charge is 0.312 e. The molecule has 1 aromatic rings. The van der Waals surface area contributed by atoms with E-state index in [2.05, 4.69) is 26.1 Å². The van der Waals surface area contributed by atoms with Gasteiger partial charge in [-0.25, -0.2) is 4.79 Å². The first-order chi connectivity index (χ1) is 10.5. The lowest BCUT2D eigenvalue weighted by molar-refractivity contribution is -0.134. The van der Waals surface area contributed by atoms with Crippen LogP contribution in [0.4, 0.5) is 10.5 Å². The first-order valence-electron chi connectivity index (χ1n) is 6.97. The number of anilines is 1. The quantitative estimate of drug-likeness (QED) is 0.701. The van der Waals surface area contributed by atoms with Crippen LogP contribution in [0.25, 0.3) is 0 Å². The monoisotopic (exact) mass is 370 g/mol. The summed E-state index contributed by atoms with van der Waals surface area (Å²) in [5.74, 6) is -0.310. The van der Waals surface area contributed by atoms with Crippen LogP contribution in [0.2, 0.25) is 0 Å². The SMILES string of the molecule is NC(=O)NC(CO)C(=O)N1CCN(c2cccc(Br)c2)CC1. The average molecular weight is 371 g/mol. The molecule has 1 saturated heterocycles. The summed E-state index contributed by atoms with van der Waals surface area (Å²) < 4.78 is 1.01. The number of amides is 3. The number of piperazine rings is 1. The standard InChI is InChI=1S/C14H19BrN4O3/c15-10-2-1-3-11(8-10)18-4-6-19(7-5-18)13(21)12(9-20)17-14(16)22/h1-3,8,12,20H,4-7,9H2,(H3,16,17,22). The fourth-order valence-electron chi connectivity index (χ4n) is 2.44. The molecule has 1 aliphatic rings. The summed E-state index contributed by atoms with van der Waals surface area (Å²) in [5.41, 5.74) is 6.10. The van der Waals surface area contributed by atoms with Crippen molar-refractivity contribution in [2.24, 2.45) is 5.73 Å². The molecule has 1 aliphatic heterocycles. The van der Waals surface area contributed by atoms with E-state index < -0.39 is 18.7 Å². The fourth-order valence-corrected chi connectivity index (χ4v) is 2.82. The lowest BCUT2D eigenvalue weighted by Crippen LogP contribution is -2.56. The molecule has 7 nitrogen and oxygen atoms in total. The lowest BCUT2D eigenvalue weighted by Gasteiger charge is -2.37. The van der Waals surface area contributed by atoms with E-state index >= 15 is 0 Å². The molecule has 4 N–H and O–H groups in total. The highest BCUT2D eigenvalue weighted by Gasteiger charge is 2.27. The zero-order chi connectivity index (χ0) is 16.1. The second kappa shape index (κ2) is 7.46. The summed E-state index contributed by atoms with van der Waals surface area (Å²) in [4.78, 5) is 26.9. The number of aliphatic hydroxyl groups excluding tert-OH is 1. The first-order valence-corrected chi connectivity index (χ1v) is 7.76. The molecule has 120 valence electrons. The number of rotatable bonds is 4. The third-order valence-corrected chi connectivity index (χ3v) is 4.06. The van der Waals surface area contributed by atoms with Crippen LogP contribution < -0.4 is 16.0 Å². The van der Waals surface area contributed by atoms with Gasteiger partial charge < -0.3 is 26.0 Å². The highest BCUT2D eigenvalue weighted by molar-refractivity contribution is 9.10. The van der Waals surface area contributed by atoms with Gasteiger partial charge in [0.25, 0.3) is 0 Å². The lowest BCUT2D eigenvalue weighted by atomic mass is 10.2. The maximum absolute atomic E-state index is 12.2. The number of urea groups is 1. The second-order valence-electron chi connectivity index (χ2n) is 5.04. The highest BCUT2D eigenvalue weighted by atomic mass is 79.9. The number of benzene rings is 1. The number of carbonyl (C=O) groups excluding carboxylic acids is 2. The Kier molecular flexibility index (Phi) is 5.62. The van der Waals surface area contributed by atoms with Crippen LogP contribution in [-0.4, -0.2) is 60.8 Å². The minimum atomic E-state index is -0.977. The van der Waals surface area contributed by atoms with Gasteiger partial charge in [-0.3, -0.25) is 4.79 Å². The summed E-state index contributed by atoms with van der Waals surface area (Å²) in [6.45, 7) is 1.98. The molecule has 2 rings (SSSR count). The van der Waals surface area contributed by atoms with Crippen LogP contribution in [0, 0.1) is 0 Å². The van der Waals surface area contributed by atoms with E-state index in [0.717, 1.165) is 10.2 Å². The van der Waals surface area contributed by atoms with Crippen molar-refractivity contribution in [2.75, 3.05) is 37.7 Å². The van der Waals surface area contributed by atoms with Gasteiger partial charge in [0.15, 0.2) is 0 Å². The molecule has 1 fully saturated rings. The molecule has 1 atom stereocenters. The minimum Gasteiger partial charge on any atom is -0.394 e. The fraction of sp³-hybridized carbons (Fsp3) is 0.429. The van der Waals surface area contributed by atoms with Crippen molar-refractivity contribution < 1.29 is 14.7 Å². The van der Waals surface area contributed by atoms with Crippen molar-refractivity contribution in [3.63, 3.8) is 0 Å². The predicted molar refractivity (Wildman–Crippen MR) is 86.5 cm³/mol. The van der Waals surface area contributed by atoms with Crippen LogP contribution in [-0.2, 0) is 4.79 Å². The van der Waals surface area contributed by atoms with E-state index in [1.54, 1.807) is 4.90 Å². The Morgan fingerprint density at radius 1 is 1.32 bits per heavy atom. The Hall–Kier alpha value is -1.80. The topological polar surface area (TPSA) is 98.9 Å². The van der Waals surface area contributed by atoms with Gasteiger partial charge in [-0.2, -0.15) is 0 Å². The van der Waals surface area contributed by atoms with Crippen molar-refractivity contribution in [1.29, 1.82) is 0 Å². The van der Waals surface area contributed by atoms with E-state index in [4.69, 9.17) is 5.73 Å². The zero-order valence-electron chi connectivity index (χ0n) is 12.0. The van der Waals surface area contributed by atoms with Gasteiger partial charge in [-0.15, -0.1) is 0 Å². The van der Waals surface area contributed by atoms with E-state index in [9.17, 15) is 14.7 Å². The van der Waals surface area contributed by atoms with E-state index in [0.29, 0.717) is 26.2 Å². The Balaban J connectivity index is 1.93. The summed E-state index contributed by atoms with van der Waals surface area (Å²) in [7, 11) is 0. The highest BCUT2D eigenvalue weighted by Crippen LogP contribution is 2.21. The Morgan fingerprint density at radius 3 is 2.55 bits per heavy atom. The van der Waals surface area contributed by atoms with Crippen molar-refractivity contribution in [1.82, 2.24) is 10.2 Å². The predicted octanol–water partition coefficient (Wildman–Crippen LogP) is 0.127. The number of primary amides is 1. The van der Waals surface area contributed by atoms with Gasteiger partial charge in [0, 0.05) is 36.3 Å². The normalized spacial score (nSPS) is 16.3. The number of nitrogens with zero attached hydrogens (tertiary/aromatic N) is 2. The Morgan fingerprint density at radius 2 is 2.00 bits per heavy atom. The van der Waals surface area contributed by atoms with Crippen LogP contribution in [0.1, 0.15) is 0 Å². The number of carbonyl (C=O) groups is 2. The van der Waals surface area contributed by atoms with Crippen molar-refractivity contribution in [2.45, 2.75) is 6.04 Å². The van der Waals surface area contributed by atoms with Crippen LogP contribution in [0.3, 0.4) is 0 Å². The van der Waals surface area contributed by atoms with Gasteiger partial charge in [0.1, 0.15) is 6.04 Å². The molecule has 1 unspecified atom stereocenters. The van der Waals surface area contributed by atoms with Gasteiger partial charge in [-0.05, 0) is 18.2 Å². The van der Waals surface area contributed by atoms with Gasteiger partial charge >= 0.3 is 6.03 Å². The third-order valence-electron chi connectivity index (χ3n) is 3.56. The molecule has 1 heterocycles. The Bertz CT molecular complexity index is 547. The van der Waals surface area contributed by atoms with Gasteiger partial charge in [-0.1, -0.05) is 22.0 Å². The van der Waals surface area contributed by atoms with Crippen molar-refractivity contribution >= 4 is 33.6 Å². The molecule has 0 bridgehead atoms. The van der Waals surface area contributed by atoms with Gasteiger partial charge in [0.2, 0.25) is 5.91 Å². The van der Waals surface area contributed by atoms with Crippen molar-refractivity contribution in [3.05, 3.63) is 28.7 Å². The molecular formula is C14H19BrN4O3. The molecule has 1 aromatic carbocycles. The van der Waals surface area contributed by atoms with E-state index in [-0.39, 0.29) is 5.91 Å². The second-order valence-corrected chi connectivity index (χ2v) is 5.95. The van der Waals surface area contributed by atoms with Crippen LogP contribution >= 0.6 is 15.9 Å². The summed E-state index contributed by atoms with van der Waals surface area (Å²) >= 11 is 3.44. The summed E-state index contributed by atoms with van der Waals surface area (Å²) in [6.07, 6.45) is 0. The molecule has 8 heteroatoms. The molecule has 0 saturated carbocycles.